The Hall–Kier alpha value is -1.32. The van der Waals surface area contributed by atoms with Crippen molar-refractivity contribution < 1.29 is 9.32 Å². The molecular weight excluding hydrogens is 228 g/mol. The number of hydrogen-bond donors (Lipinski definition) is 0. The zero-order valence-corrected chi connectivity index (χ0v) is 11.5. The van der Waals surface area contributed by atoms with Crippen LogP contribution in [0.15, 0.2) is 10.6 Å². The first-order chi connectivity index (χ1) is 8.63. The molecule has 18 heavy (non-hydrogen) atoms. The lowest BCUT2D eigenvalue weighted by Crippen LogP contribution is -2.33. The molecule has 0 N–H and O–H groups in total. The quantitative estimate of drug-likeness (QED) is 0.825. The van der Waals surface area contributed by atoms with Gasteiger partial charge in [0.1, 0.15) is 11.5 Å². The summed E-state index contributed by atoms with van der Waals surface area (Å²) in [6.45, 7) is 6.86. The third kappa shape index (κ3) is 2.57. The molecule has 1 aromatic heterocycles. The fourth-order valence-electron chi connectivity index (χ4n) is 2.52. The van der Waals surface area contributed by atoms with E-state index < -0.39 is 0 Å². The Morgan fingerprint density at radius 3 is 3.06 bits per heavy atom. The molecular formula is C14H22N2O2. The summed E-state index contributed by atoms with van der Waals surface area (Å²) in [6, 6.07) is 2.13. The maximum absolute atomic E-state index is 12.1. The Labute approximate surface area is 108 Å². The molecule has 0 aromatic carbocycles. The number of nitrogens with zero attached hydrogens (tertiary/aromatic N) is 2. The molecule has 1 aliphatic heterocycles. The van der Waals surface area contributed by atoms with E-state index in [4.69, 9.17) is 4.52 Å². The number of aromatic nitrogens is 1. The van der Waals surface area contributed by atoms with E-state index in [1.807, 2.05) is 24.8 Å². The Morgan fingerprint density at radius 1 is 1.61 bits per heavy atom. The summed E-state index contributed by atoms with van der Waals surface area (Å²) in [5.41, 5.74) is 0.921. The number of carbonyl (C=O) groups is 1. The molecule has 1 unspecified atom stereocenters. The summed E-state index contributed by atoms with van der Waals surface area (Å²) in [5.74, 6) is 1.20. The summed E-state index contributed by atoms with van der Waals surface area (Å²) in [4.78, 5) is 14.1. The number of aryl methyl sites for hydroxylation is 1. The van der Waals surface area contributed by atoms with E-state index in [0.29, 0.717) is 0 Å². The van der Waals surface area contributed by atoms with E-state index >= 15 is 0 Å². The molecule has 1 atom stereocenters. The summed E-state index contributed by atoms with van der Waals surface area (Å²) >= 11 is 0. The van der Waals surface area contributed by atoms with Crippen molar-refractivity contribution in [3.8, 4) is 0 Å². The van der Waals surface area contributed by atoms with Crippen molar-refractivity contribution in [2.45, 2.75) is 52.5 Å². The van der Waals surface area contributed by atoms with Crippen molar-refractivity contribution in [2.24, 2.45) is 5.92 Å². The van der Waals surface area contributed by atoms with E-state index in [1.165, 1.54) is 0 Å². The van der Waals surface area contributed by atoms with Gasteiger partial charge in [0.25, 0.3) is 0 Å². The Morgan fingerprint density at radius 2 is 2.39 bits per heavy atom. The van der Waals surface area contributed by atoms with Crippen LogP contribution in [0, 0.1) is 5.92 Å². The van der Waals surface area contributed by atoms with Gasteiger partial charge in [0, 0.05) is 24.9 Å². The normalized spacial score (nSPS) is 19.8. The molecule has 1 aromatic rings. The molecule has 100 valence electrons. The Kier molecular flexibility index (Phi) is 4.04. The highest BCUT2D eigenvalue weighted by atomic mass is 16.5. The number of amides is 1. The third-order valence-corrected chi connectivity index (χ3v) is 3.44. The molecule has 0 radical (unpaired) electrons. The van der Waals surface area contributed by atoms with Crippen LogP contribution >= 0.6 is 0 Å². The van der Waals surface area contributed by atoms with Gasteiger partial charge in [0.15, 0.2) is 0 Å². The molecule has 4 nitrogen and oxygen atoms in total. The minimum atomic E-state index is 0.0487. The summed E-state index contributed by atoms with van der Waals surface area (Å²) in [5, 5.41) is 4.14. The van der Waals surface area contributed by atoms with Crippen LogP contribution in [0.5, 0.6) is 0 Å². The molecule has 1 fully saturated rings. The van der Waals surface area contributed by atoms with Crippen LogP contribution in [0.25, 0.3) is 0 Å². The molecule has 1 amide bonds. The summed E-state index contributed by atoms with van der Waals surface area (Å²) in [6.07, 6.45) is 4.02. The average molecular weight is 250 g/mol. The van der Waals surface area contributed by atoms with Crippen molar-refractivity contribution >= 4 is 5.91 Å². The fraction of sp³-hybridized carbons (Fsp3) is 0.714. The van der Waals surface area contributed by atoms with Crippen molar-refractivity contribution in [2.75, 3.05) is 6.54 Å². The van der Waals surface area contributed by atoms with Gasteiger partial charge in [0.05, 0.1) is 6.04 Å². The third-order valence-electron chi connectivity index (χ3n) is 3.44. The molecule has 2 heterocycles. The predicted molar refractivity (Wildman–Crippen MR) is 69.0 cm³/mol. The minimum Gasteiger partial charge on any atom is -0.361 e. The van der Waals surface area contributed by atoms with E-state index in [-0.39, 0.29) is 17.9 Å². The first-order valence-electron chi connectivity index (χ1n) is 6.89. The van der Waals surface area contributed by atoms with Crippen molar-refractivity contribution in [1.82, 2.24) is 10.1 Å². The molecule has 2 rings (SSSR count). The Balaban J connectivity index is 2.12. The SMILES string of the molecule is CCCc1cc(C2CCCN2C(=O)C(C)C)no1. The molecule has 1 aliphatic rings. The zero-order chi connectivity index (χ0) is 13.1. The van der Waals surface area contributed by atoms with E-state index in [0.717, 1.165) is 43.7 Å². The second-order valence-electron chi connectivity index (χ2n) is 5.31. The van der Waals surface area contributed by atoms with Gasteiger partial charge in [-0.1, -0.05) is 25.9 Å². The Bertz CT molecular complexity index is 412. The number of hydrogen-bond acceptors (Lipinski definition) is 3. The lowest BCUT2D eigenvalue weighted by atomic mass is 10.1. The maximum Gasteiger partial charge on any atom is 0.225 e. The maximum atomic E-state index is 12.1. The topological polar surface area (TPSA) is 46.3 Å². The predicted octanol–water partition coefficient (Wildman–Crippen LogP) is 2.95. The van der Waals surface area contributed by atoms with Gasteiger partial charge < -0.3 is 9.42 Å². The van der Waals surface area contributed by atoms with Gasteiger partial charge in [-0.2, -0.15) is 0 Å². The smallest absolute Gasteiger partial charge is 0.225 e. The summed E-state index contributed by atoms with van der Waals surface area (Å²) in [7, 11) is 0. The van der Waals surface area contributed by atoms with Crippen molar-refractivity contribution in [1.29, 1.82) is 0 Å². The second kappa shape index (κ2) is 5.55. The standard InChI is InChI=1S/C14H22N2O2/c1-4-6-11-9-12(15-18-11)13-7-5-8-16(13)14(17)10(2)3/h9-10,13H,4-8H2,1-3H3. The lowest BCUT2D eigenvalue weighted by Gasteiger charge is -2.24. The first kappa shape index (κ1) is 13.1. The molecule has 1 saturated heterocycles. The van der Waals surface area contributed by atoms with Crippen LogP contribution in [-0.2, 0) is 11.2 Å². The number of carbonyl (C=O) groups excluding carboxylic acids is 1. The first-order valence-corrected chi connectivity index (χ1v) is 6.89. The summed E-state index contributed by atoms with van der Waals surface area (Å²) < 4.78 is 5.32. The molecule has 4 heteroatoms. The van der Waals surface area contributed by atoms with Gasteiger partial charge in [-0.25, -0.2) is 0 Å². The van der Waals surface area contributed by atoms with Gasteiger partial charge in [-0.15, -0.1) is 0 Å². The van der Waals surface area contributed by atoms with Crippen LogP contribution in [0.4, 0.5) is 0 Å². The van der Waals surface area contributed by atoms with E-state index in [9.17, 15) is 4.79 Å². The number of rotatable bonds is 4. The van der Waals surface area contributed by atoms with Gasteiger partial charge in [-0.3, -0.25) is 4.79 Å². The molecule has 0 spiro atoms. The largest absolute Gasteiger partial charge is 0.361 e. The van der Waals surface area contributed by atoms with Crippen LogP contribution in [-0.4, -0.2) is 22.5 Å². The van der Waals surface area contributed by atoms with Gasteiger partial charge in [-0.05, 0) is 19.3 Å². The van der Waals surface area contributed by atoms with E-state index in [1.54, 1.807) is 0 Å². The van der Waals surface area contributed by atoms with Crippen LogP contribution in [0.1, 0.15) is 57.5 Å². The van der Waals surface area contributed by atoms with Crippen LogP contribution in [0.3, 0.4) is 0 Å². The molecule has 0 bridgehead atoms. The number of likely N-dealkylation sites (tertiary alicyclic amines) is 1. The fourth-order valence-corrected chi connectivity index (χ4v) is 2.52. The monoisotopic (exact) mass is 250 g/mol. The molecule has 0 saturated carbocycles. The highest BCUT2D eigenvalue weighted by molar-refractivity contribution is 5.78. The van der Waals surface area contributed by atoms with Crippen molar-refractivity contribution in [3.05, 3.63) is 17.5 Å². The highest BCUT2D eigenvalue weighted by Crippen LogP contribution is 2.32. The lowest BCUT2D eigenvalue weighted by molar-refractivity contribution is -0.135. The van der Waals surface area contributed by atoms with Gasteiger partial charge in [0.2, 0.25) is 5.91 Å². The van der Waals surface area contributed by atoms with Gasteiger partial charge >= 0.3 is 0 Å². The molecule has 0 aliphatic carbocycles. The van der Waals surface area contributed by atoms with Crippen molar-refractivity contribution in [3.63, 3.8) is 0 Å². The van der Waals surface area contributed by atoms with E-state index in [2.05, 4.69) is 12.1 Å². The minimum absolute atomic E-state index is 0.0487. The average Bonchev–Trinajstić information content (AvgIpc) is 2.95. The highest BCUT2D eigenvalue weighted by Gasteiger charge is 2.33. The van der Waals surface area contributed by atoms with Crippen LogP contribution < -0.4 is 0 Å². The second-order valence-corrected chi connectivity index (χ2v) is 5.31. The van der Waals surface area contributed by atoms with Crippen LogP contribution in [0.2, 0.25) is 0 Å². The zero-order valence-electron chi connectivity index (χ0n) is 11.5.